The average Bonchev–Trinajstić information content (AvgIpc) is 3.40. The largest absolute Gasteiger partial charge is 0.417 e. The second-order valence-electron chi connectivity index (χ2n) is 8.71. The molecule has 8 nitrogen and oxygen atoms in total. The van der Waals surface area contributed by atoms with Crippen LogP contribution in [0, 0.1) is 11.3 Å². The van der Waals surface area contributed by atoms with Gasteiger partial charge in [0.05, 0.1) is 46.4 Å². The molecular weight excluding hydrogens is 525 g/mol. The number of alkyl halides is 3. The molecule has 0 bridgehead atoms. The van der Waals surface area contributed by atoms with Gasteiger partial charge < -0.3 is 10.0 Å². The van der Waals surface area contributed by atoms with Gasteiger partial charge in [-0.05, 0) is 62.0 Å². The van der Waals surface area contributed by atoms with Crippen molar-refractivity contribution in [1.29, 1.82) is 5.26 Å². The molecule has 1 fully saturated rings. The molecule has 1 amide bonds. The first-order valence-electron chi connectivity index (χ1n) is 10.9. The number of nitriles is 1. The molecule has 0 saturated carbocycles. The van der Waals surface area contributed by atoms with Gasteiger partial charge >= 0.3 is 6.18 Å². The van der Waals surface area contributed by atoms with Crippen LogP contribution in [-0.2, 0) is 23.3 Å². The molecule has 1 aliphatic heterocycles. The molecule has 2 aromatic carbocycles. The highest BCUT2D eigenvalue weighted by molar-refractivity contribution is 7.98. The third-order valence-electron chi connectivity index (χ3n) is 5.93. The van der Waals surface area contributed by atoms with Crippen LogP contribution in [0.1, 0.15) is 36.2 Å². The smallest absolute Gasteiger partial charge is 0.386 e. The summed E-state index contributed by atoms with van der Waals surface area (Å²) in [5.74, 6) is 0.0534. The maximum atomic E-state index is 13.5. The molecular formula is C24H21F3N6O2S2. The number of thioether (sulfide) groups is 1. The normalized spacial score (nSPS) is 15.4. The van der Waals surface area contributed by atoms with Gasteiger partial charge in [-0.25, -0.2) is 4.68 Å². The second kappa shape index (κ2) is 10.1. The predicted octanol–water partition coefficient (Wildman–Crippen LogP) is 4.25. The van der Waals surface area contributed by atoms with E-state index in [0.717, 1.165) is 34.0 Å². The van der Waals surface area contributed by atoms with Gasteiger partial charge in [-0.15, -0.1) is 16.9 Å². The zero-order valence-corrected chi connectivity index (χ0v) is 21.4. The molecule has 37 heavy (non-hydrogen) atoms. The SMILES string of the molecule is CC1(C)C(=O)N(c2ccc(C#N)c(C(F)(F)F)c2)C(=S)N1Cc1ccc(-n2cc(CSCO)nn2)cc1. The summed E-state index contributed by atoms with van der Waals surface area (Å²) in [6, 6.07) is 12.0. The van der Waals surface area contributed by atoms with Crippen molar-refractivity contribution in [3.63, 3.8) is 0 Å². The number of hydrogen-bond acceptors (Lipinski definition) is 7. The molecule has 2 heterocycles. The highest BCUT2D eigenvalue weighted by atomic mass is 32.2. The lowest BCUT2D eigenvalue weighted by Gasteiger charge is -2.29. The summed E-state index contributed by atoms with van der Waals surface area (Å²) in [6.07, 6.45) is -3.00. The minimum Gasteiger partial charge on any atom is -0.386 e. The van der Waals surface area contributed by atoms with Crippen molar-refractivity contribution in [3.05, 3.63) is 71.0 Å². The van der Waals surface area contributed by atoms with Crippen molar-refractivity contribution in [2.45, 2.75) is 37.9 Å². The fourth-order valence-corrected chi connectivity index (χ4v) is 4.82. The fraction of sp³-hybridized carbons (Fsp3) is 0.292. The summed E-state index contributed by atoms with van der Waals surface area (Å²) in [7, 11) is 0. The summed E-state index contributed by atoms with van der Waals surface area (Å²) in [5.41, 5.74) is -0.517. The maximum Gasteiger partial charge on any atom is 0.417 e. The zero-order chi connectivity index (χ0) is 27.0. The molecule has 1 aromatic heterocycles. The number of rotatable bonds is 7. The van der Waals surface area contributed by atoms with Gasteiger partial charge in [0.25, 0.3) is 5.91 Å². The van der Waals surface area contributed by atoms with Crippen LogP contribution >= 0.6 is 24.0 Å². The van der Waals surface area contributed by atoms with Crippen LogP contribution in [0.2, 0.25) is 0 Å². The van der Waals surface area contributed by atoms with Gasteiger partial charge in [-0.1, -0.05) is 17.3 Å². The van der Waals surface area contributed by atoms with E-state index in [1.165, 1.54) is 23.9 Å². The first-order chi connectivity index (χ1) is 17.5. The summed E-state index contributed by atoms with van der Waals surface area (Å²) >= 11 is 6.86. The minimum absolute atomic E-state index is 0.00906. The van der Waals surface area contributed by atoms with Gasteiger partial charge in [0.1, 0.15) is 5.54 Å². The Morgan fingerprint density at radius 3 is 2.46 bits per heavy atom. The van der Waals surface area contributed by atoms with E-state index in [0.29, 0.717) is 5.75 Å². The van der Waals surface area contributed by atoms with E-state index in [-0.39, 0.29) is 23.3 Å². The number of halogens is 3. The van der Waals surface area contributed by atoms with Crippen molar-refractivity contribution in [1.82, 2.24) is 19.9 Å². The summed E-state index contributed by atoms with van der Waals surface area (Å²) in [4.78, 5) is 16.0. The Bertz CT molecular complexity index is 1380. The molecule has 192 valence electrons. The number of amides is 1. The first kappa shape index (κ1) is 26.6. The molecule has 0 radical (unpaired) electrons. The molecule has 4 rings (SSSR count). The molecule has 0 aliphatic carbocycles. The van der Waals surface area contributed by atoms with Gasteiger partial charge in [0.2, 0.25) is 0 Å². The lowest BCUT2D eigenvalue weighted by molar-refractivity contribution is -0.137. The number of anilines is 1. The maximum absolute atomic E-state index is 13.5. The van der Waals surface area contributed by atoms with Crippen molar-refractivity contribution in [2.75, 3.05) is 10.8 Å². The van der Waals surface area contributed by atoms with Crippen molar-refractivity contribution in [3.8, 4) is 11.8 Å². The third-order valence-corrected chi connectivity index (χ3v) is 7.02. The van der Waals surface area contributed by atoms with E-state index in [4.69, 9.17) is 22.6 Å². The highest BCUT2D eigenvalue weighted by Gasteiger charge is 2.49. The number of hydrogen-bond donors (Lipinski definition) is 1. The number of nitrogens with zero attached hydrogens (tertiary/aromatic N) is 6. The highest BCUT2D eigenvalue weighted by Crippen LogP contribution is 2.38. The lowest BCUT2D eigenvalue weighted by atomic mass is 10.0. The van der Waals surface area contributed by atoms with E-state index in [9.17, 15) is 18.0 Å². The summed E-state index contributed by atoms with van der Waals surface area (Å²) < 4.78 is 42.1. The summed E-state index contributed by atoms with van der Waals surface area (Å²) in [5, 5.41) is 26.2. The van der Waals surface area contributed by atoms with Crippen molar-refractivity contribution < 1.29 is 23.1 Å². The van der Waals surface area contributed by atoms with E-state index < -0.39 is 28.7 Å². The second-order valence-corrected chi connectivity index (χ2v) is 10.0. The number of benzene rings is 2. The van der Waals surface area contributed by atoms with Crippen LogP contribution in [0.3, 0.4) is 0 Å². The van der Waals surface area contributed by atoms with Gasteiger partial charge in [-0.3, -0.25) is 9.69 Å². The Balaban J connectivity index is 1.57. The van der Waals surface area contributed by atoms with Crippen molar-refractivity contribution >= 4 is 40.7 Å². The number of aromatic nitrogens is 3. The number of aliphatic hydroxyl groups excluding tert-OH is 1. The first-order valence-corrected chi connectivity index (χ1v) is 12.5. The number of thiocarbonyl (C=S) groups is 1. The molecule has 3 aromatic rings. The van der Waals surface area contributed by atoms with Crippen LogP contribution in [0.15, 0.2) is 48.7 Å². The van der Waals surface area contributed by atoms with Crippen molar-refractivity contribution in [2.24, 2.45) is 0 Å². The van der Waals surface area contributed by atoms with Crippen LogP contribution in [0.4, 0.5) is 18.9 Å². The van der Waals surface area contributed by atoms with E-state index in [1.807, 2.05) is 24.3 Å². The number of carbonyl (C=O) groups excluding carboxylic acids is 1. The van der Waals surface area contributed by atoms with Gasteiger partial charge in [0.15, 0.2) is 5.11 Å². The minimum atomic E-state index is -4.76. The van der Waals surface area contributed by atoms with E-state index >= 15 is 0 Å². The monoisotopic (exact) mass is 546 g/mol. The van der Waals surface area contributed by atoms with Crippen LogP contribution in [-0.4, -0.2) is 47.5 Å². The average molecular weight is 547 g/mol. The molecule has 1 aliphatic rings. The number of carbonyl (C=O) groups is 1. The Labute approximate surface area is 220 Å². The molecule has 1 saturated heterocycles. The van der Waals surface area contributed by atoms with E-state index in [2.05, 4.69) is 10.3 Å². The molecule has 0 atom stereocenters. The molecule has 1 N–H and O–H groups in total. The fourth-order valence-electron chi connectivity index (χ4n) is 3.91. The summed E-state index contributed by atoms with van der Waals surface area (Å²) in [6.45, 7) is 3.56. The van der Waals surface area contributed by atoms with E-state index in [1.54, 1.807) is 29.6 Å². The molecule has 0 unspecified atom stereocenters. The predicted molar refractivity (Wildman–Crippen MR) is 136 cm³/mol. The Morgan fingerprint density at radius 2 is 1.84 bits per heavy atom. The lowest BCUT2D eigenvalue weighted by Crippen LogP contribution is -2.43. The Morgan fingerprint density at radius 1 is 1.16 bits per heavy atom. The Kier molecular flexibility index (Phi) is 7.27. The topological polar surface area (TPSA) is 98.3 Å². The zero-order valence-electron chi connectivity index (χ0n) is 19.7. The molecule has 0 spiro atoms. The van der Waals surface area contributed by atoms with Gasteiger partial charge in [-0.2, -0.15) is 18.4 Å². The molecule has 13 heteroatoms. The van der Waals surface area contributed by atoms with Crippen LogP contribution in [0.25, 0.3) is 5.69 Å². The quantitative estimate of drug-likeness (QED) is 0.347. The van der Waals surface area contributed by atoms with Crippen LogP contribution < -0.4 is 4.90 Å². The van der Waals surface area contributed by atoms with Gasteiger partial charge in [0, 0.05) is 12.3 Å². The Hall–Kier alpha value is -3.47. The number of aliphatic hydroxyl groups is 1. The third kappa shape index (κ3) is 5.18. The standard InChI is InChI=1S/C24H21F3N6O2S2/c1-23(2)21(35)33(19-8-5-16(10-28)20(9-19)24(25,26)27)22(36)31(23)11-15-3-6-18(7-4-15)32-12-17(29-30-32)13-37-14-34/h3-9,12,34H,11,13-14H2,1-2H3. The van der Waals surface area contributed by atoms with Crippen LogP contribution in [0.5, 0.6) is 0 Å².